The van der Waals surface area contributed by atoms with Gasteiger partial charge in [-0.05, 0) is 51.8 Å². The molecule has 0 saturated carbocycles. The number of carbonyl (C=O) groups is 2. The molecule has 0 fully saturated rings. The van der Waals surface area contributed by atoms with E-state index in [1.165, 1.54) is 6.92 Å². The van der Waals surface area contributed by atoms with Crippen molar-refractivity contribution in [3.8, 4) is 0 Å². The smallest absolute Gasteiger partial charge is 0.318 e. The Bertz CT molecular complexity index is 1000. The van der Waals surface area contributed by atoms with Crippen molar-refractivity contribution < 1.29 is 34.4 Å². The monoisotopic (exact) mass is 414 g/mol. The predicted octanol–water partition coefficient (Wildman–Crippen LogP) is 4.38. The minimum Gasteiger partial charge on any atom is -0.505 e. The van der Waals surface area contributed by atoms with Crippen LogP contribution in [0.2, 0.25) is 0 Å². The van der Waals surface area contributed by atoms with E-state index in [9.17, 15) is 24.9 Å². The fourth-order valence-electron chi connectivity index (χ4n) is 3.81. The quantitative estimate of drug-likeness (QED) is 0.546. The maximum atomic E-state index is 13.1. The number of carboxylic acids is 1. The van der Waals surface area contributed by atoms with Gasteiger partial charge in [0.25, 0.3) is 0 Å². The number of rotatable bonds is 1. The van der Waals surface area contributed by atoms with E-state index in [1.54, 1.807) is 32.1 Å². The van der Waals surface area contributed by atoms with E-state index in [1.807, 2.05) is 19.9 Å². The molecular formula is C23H26O7. The van der Waals surface area contributed by atoms with Gasteiger partial charge in [0.1, 0.15) is 5.76 Å². The molecule has 3 rings (SSSR count). The minimum atomic E-state index is -1.97. The van der Waals surface area contributed by atoms with Gasteiger partial charge in [-0.1, -0.05) is 30.2 Å². The molecule has 7 heteroatoms. The first-order valence-electron chi connectivity index (χ1n) is 9.71. The van der Waals surface area contributed by atoms with Gasteiger partial charge in [-0.2, -0.15) is 0 Å². The number of hydrogen-bond donors (Lipinski definition) is 3. The molecule has 3 heterocycles. The lowest BCUT2D eigenvalue weighted by molar-refractivity contribution is -0.158. The van der Waals surface area contributed by atoms with Gasteiger partial charge < -0.3 is 24.8 Å². The van der Waals surface area contributed by atoms with E-state index in [0.717, 1.165) is 11.1 Å². The molecule has 4 bridgehead atoms. The molecule has 0 aromatic heterocycles. The molecule has 0 aromatic carbocycles. The van der Waals surface area contributed by atoms with Crippen molar-refractivity contribution in [3.63, 3.8) is 0 Å². The number of ketones is 1. The van der Waals surface area contributed by atoms with Gasteiger partial charge in [0.05, 0.1) is 0 Å². The van der Waals surface area contributed by atoms with Crippen LogP contribution in [0.3, 0.4) is 0 Å². The minimum absolute atomic E-state index is 0.143. The van der Waals surface area contributed by atoms with Crippen LogP contribution in [0, 0.1) is 11.8 Å². The van der Waals surface area contributed by atoms with Crippen molar-refractivity contribution in [1.29, 1.82) is 0 Å². The molecular weight excluding hydrogens is 388 g/mol. The van der Waals surface area contributed by atoms with E-state index in [-0.39, 0.29) is 11.5 Å². The summed E-state index contributed by atoms with van der Waals surface area (Å²) in [5.74, 6) is -5.32. The van der Waals surface area contributed by atoms with Crippen molar-refractivity contribution in [2.75, 3.05) is 0 Å². The highest BCUT2D eigenvalue weighted by Crippen LogP contribution is 2.45. The topological polar surface area (TPSA) is 113 Å². The fourth-order valence-corrected chi connectivity index (χ4v) is 3.81. The third-order valence-corrected chi connectivity index (χ3v) is 5.86. The summed E-state index contributed by atoms with van der Waals surface area (Å²) < 4.78 is 11.7. The Balaban J connectivity index is 2.26. The lowest BCUT2D eigenvalue weighted by Gasteiger charge is -2.31. The third kappa shape index (κ3) is 3.44. The second kappa shape index (κ2) is 7.55. The first-order valence-corrected chi connectivity index (χ1v) is 9.71. The Morgan fingerprint density at radius 2 is 1.80 bits per heavy atom. The van der Waals surface area contributed by atoms with Gasteiger partial charge in [0.2, 0.25) is 11.5 Å². The molecule has 3 atom stereocenters. The van der Waals surface area contributed by atoms with Crippen LogP contribution >= 0.6 is 0 Å². The van der Waals surface area contributed by atoms with E-state index >= 15 is 0 Å². The molecule has 160 valence electrons. The Morgan fingerprint density at radius 3 is 2.43 bits per heavy atom. The van der Waals surface area contributed by atoms with Gasteiger partial charge in [0.15, 0.2) is 28.8 Å². The first-order chi connectivity index (χ1) is 14.0. The van der Waals surface area contributed by atoms with Crippen LogP contribution in [0.5, 0.6) is 0 Å². The highest BCUT2D eigenvalue weighted by molar-refractivity contribution is 6.01. The summed E-state index contributed by atoms with van der Waals surface area (Å²) in [5, 5.41) is 31.1. The van der Waals surface area contributed by atoms with E-state index in [2.05, 4.69) is 0 Å². The fraction of sp³-hybridized carbons (Fsp3) is 0.391. The van der Waals surface area contributed by atoms with Crippen LogP contribution in [0.1, 0.15) is 41.0 Å². The molecule has 30 heavy (non-hydrogen) atoms. The predicted molar refractivity (Wildman–Crippen MR) is 109 cm³/mol. The van der Waals surface area contributed by atoms with Gasteiger partial charge in [-0.15, -0.1) is 0 Å². The van der Waals surface area contributed by atoms with Crippen LogP contribution < -0.4 is 0 Å². The zero-order chi connectivity index (χ0) is 22.4. The van der Waals surface area contributed by atoms with Gasteiger partial charge >= 0.3 is 5.97 Å². The lowest BCUT2D eigenvalue weighted by Crippen LogP contribution is -2.48. The summed E-state index contributed by atoms with van der Waals surface area (Å²) >= 11 is 0. The van der Waals surface area contributed by atoms with Crippen molar-refractivity contribution in [3.05, 3.63) is 69.8 Å². The average molecular weight is 414 g/mol. The highest BCUT2D eigenvalue weighted by atomic mass is 16.6. The number of allylic oxidation sites excluding steroid dienone is 7. The number of ether oxygens (including phenoxy) is 2. The Labute approximate surface area is 175 Å². The molecule has 3 N–H and O–H groups in total. The molecule has 3 aliphatic rings. The number of carbonyl (C=O) groups excluding carboxylic acids is 1. The van der Waals surface area contributed by atoms with Gasteiger partial charge in [-0.3, -0.25) is 9.59 Å². The van der Waals surface area contributed by atoms with Crippen molar-refractivity contribution >= 4 is 11.8 Å². The second-order valence-corrected chi connectivity index (χ2v) is 8.16. The maximum absolute atomic E-state index is 13.1. The zero-order valence-electron chi connectivity index (χ0n) is 17.6. The van der Waals surface area contributed by atoms with Crippen LogP contribution in [0.15, 0.2) is 69.8 Å². The van der Waals surface area contributed by atoms with E-state index < -0.39 is 40.7 Å². The molecule has 0 amide bonds. The summed E-state index contributed by atoms with van der Waals surface area (Å²) in [4.78, 5) is 25.3. The summed E-state index contributed by atoms with van der Waals surface area (Å²) in [7, 11) is 0. The zero-order valence-corrected chi connectivity index (χ0v) is 17.6. The normalized spacial score (nSPS) is 33.3. The number of Topliss-reactive ketones (excluding diaryl/α,β-unsaturated/α-hetero) is 1. The summed E-state index contributed by atoms with van der Waals surface area (Å²) in [5.41, 5.74) is 0.486. The lowest BCUT2D eigenvalue weighted by atomic mass is 9.78. The van der Waals surface area contributed by atoms with Crippen LogP contribution in [-0.4, -0.2) is 32.7 Å². The molecule has 0 radical (unpaired) electrons. The molecule has 0 saturated heterocycles. The first kappa shape index (κ1) is 21.5. The Morgan fingerprint density at radius 1 is 1.13 bits per heavy atom. The molecule has 3 unspecified atom stereocenters. The van der Waals surface area contributed by atoms with Crippen LogP contribution in [-0.2, 0) is 19.1 Å². The van der Waals surface area contributed by atoms with Crippen molar-refractivity contribution in [2.45, 2.75) is 46.6 Å². The Kier molecular flexibility index (Phi) is 5.41. The molecule has 0 aliphatic carbocycles. The number of aliphatic carboxylic acids is 1. The highest BCUT2D eigenvalue weighted by Gasteiger charge is 2.56. The largest absolute Gasteiger partial charge is 0.505 e. The molecule has 0 spiro atoms. The number of aliphatic hydroxyl groups is 2. The summed E-state index contributed by atoms with van der Waals surface area (Å²) in [6.07, 6.45) is 7.47. The van der Waals surface area contributed by atoms with Crippen molar-refractivity contribution in [2.24, 2.45) is 11.8 Å². The van der Waals surface area contributed by atoms with Crippen molar-refractivity contribution in [1.82, 2.24) is 0 Å². The number of aliphatic hydroxyl groups excluding tert-OH is 2. The number of fused-ring (bicyclic) bond motifs is 4. The number of hydrogen-bond acceptors (Lipinski definition) is 6. The van der Waals surface area contributed by atoms with E-state index in [4.69, 9.17) is 9.47 Å². The van der Waals surface area contributed by atoms with Gasteiger partial charge in [-0.25, -0.2) is 0 Å². The summed E-state index contributed by atoms with van der Waals surface area (Å²) in [6, 6.07) is 0. The van der Waals surface area contributed by atoms with Crippen LogP contribution in [0.4, 0.5) is 0 Å². The second-order valence-electron chi connectivity index (χ2n) is 8.16. The SMILES string of the molecule is CC1=CC=C2/C=C\C(C)=C(/C)CC(C)C(=O)C(C(=O)O)C3(C)OC(=C1O2)C(O)=C3O. The average Bonchev–Trinajstić information content (AvgIpc) is 2.90. The van der Waals surface area contributed by atoms with Crippen LogP contribution in [0.25, 0.3) is 0 Å². The third-order valence-electron chi connectivity index (χ3n) is 5.86. The standard InChI is InChI=1S/C23H26O7/c1-11-6-8-15-9-7-12(2)19(29-15)20-18(25)21(26)23(5,30-20)16(22(27)28)17(24)14(4)10-13(11)3/h6-9,14,16,25-26H,10H2,1-5H3,(H,27,28)/b8-6-,13-11+,20-19?. The maximum Gasteiger partial charge on any atom is 0.318 e. The number of carboxylic acid groups (broad SMARTS) is 1. The van der Waals surface area contributed by atoms with E-state index in [0.29, 0.717) is 17.8 Å². The summed E-state index contributed by atoms with van der Waals surface area (Å²) in [6.45, 7) is 8.44. The molecule has 0 aromatic rings. The molecule has 3 aliphatic heterocycles. The van der Waals surface area contributed by atoms with Gasteiger partial charge in [0, 0.05) is 5.92 Å². The Hall–Kier alpha value is -3.22. The molecule has 7 nitrogen and oxygen atoms in total.